The molecule has 27 heavy (non-hydrogen) atoms. The van der Waals surface area contributed by atoms with E-state index in [1.54, 1.807) is 0 Å². The standard InChI is InChI=1S/C20H27O3.3CH3.Sn/c1-4-8-19(22)12-11-18(3)14(13-19)6-7-15-17(2)9-5-10-20(15,18)23-16(17)21;;;;/h6,15,22H,1,5,7-13H2,2-3H3;3*1H3;/t15-,17-,18+,19+,20+;;;;/m1..../s1. The maximum absolute atomic E-state index is 12.8. The third-order valence-electron chi connectivity index (χ3n) is 8.77. The van der Waals surface area contributed by atoms with Gasteiger partial charge in [0, 0.05) is 0 Å². The van der Waals surface area contributed by atoms with Crippen molar-refractivity contribution in [2.24, 2.45) is 16.7 Å². The minimum absolute atomic E-state index is 0.0249. The van der Waals surface area contributed by atoms with E-state index in [0.29, 0.717) is 12.3 Å². The van der Waals surface area contributed by atoms with E-state index < -0.39 is 24.0 Å². The number of carbonyl (C=O) groups is 1. The second-order valence-electron chi connectivity index (χ2n) is 11.3. The summed E-state index contributed by atoms with van der Waals surface area (Å²) in [5.41, 5.74) is -0.114. The van der Waals surface area contributed by atoms with Gasteiger partial charge in [0.15, 0.2) is 0 Å². The molecule has 0 aromatic heterocycles. The van der Waals surface area contributed by atoms with Crippen LogP contribution < -0.4 is 0 Å². The molecule has 3 aliphatic carbocycles. The molecule has 1 heterocycles. The summed E-state index contributed by atoms with van der Waals surface area (Å²) in [6.07, 6.45) is 9.44. The molecule has 4 aliphatic rings. The molecule has 3 fully saturated rings. The zero-order valence-electron chi connectivity index (χ0n) is 17.8. The van der Waals surface area contributed by atoms with E-state index in [9.17, 15) is 9.90 Å². The first kappa shape index (κ1) is 20.0. The van der Waals surface area contributed by atoms with Crippen LogP contribution in [-0.2, 0) is 9.53 Å². The van der Waals surface area contributed by atoms with Crippen LogP contribution in [0.15, 0.2) is 21.8 Å². The molecule has 4 rings (SSSR count). The molecular formula is C23H36O3Sn. The van der Waals surface area contributed by atoms with E-state index in [-0.39, 0.29) is 22.4 Å². The van der Waals surface area contributed by atoms with Crippen LogP contribution in [0.25, 0.3) is 0 Å². The van der Waals surface area contributed by atoms with Gasteiger partial charge in [0.2, 0.25) is 0 Å². The fraction of sp³-hybridized carbons (Fsp3) is 0.783. The molecule has 0 unspecified atom stereocenters. The third-order valence-corrected chi connectivity index (χ3v) is 15.3. The Kier molecular flexibility index (Phi) is 4.35. The van der Waals surface area contributed by atoms with Gasteiger partial charge in [-0.2, -0.15) is 0 Å². The van der Waals surface area contributed by atoms with Crippen LogP contribution >= 0.6 is 0 Å². The summed E-state index contributed by atoms with van der Waals surface area (Å²) >= 11 is -2.21. The molecule has 0 aromatic rings. The van der Waals surface area contributed by atoms with Gasteiger partial charge in [0.1, 0.15) is 0 Å². The Morgan fingerprint density at radius 1 is 1.26 bits per heavy atom. The normalized spacial score (nSPS) is 46.2. The van der Waals surface area contributed by atoms with Crippen molar-refractivity contribution in [3.05, 3.63) is 21.8 Å². The van der Waals surface area contributed by atoms with Crippen LogP contribution in [0.1, 0.15) is 65.2 Å². The van der Waals surface area contributed by atoms with Gasteiger partial charge in [-0.1, -0.05) is 0 Å². The first-order valence-corrected chi connectivity index (χ1v) is 20.7. The molecular weight excluding hydrogens is 443 g/mol. The summed E-state index contributed by atoms with van der Waals surface area (Å²) < 4.78 is 7.61. The molecule has 3 nitrogen and oxygen atoms in total. The van der Waals surface area contributed by atoms with Gasteiger partial charge in [-0.15, -0.1) is 0 Å². The van der Waals surface area contributed by atoms with Crippen molar-refractivity contribution in [2.75, 3.05) is 0 Å². The molecule has 0 spiro atoms. The Morgan fingerprint density at radius 2 is 1.96 bits per heavy atom. The number of fused-ring (bicyclic) bond motifs is 1. The first-order chi connectivity index (χ1) is 12.4. The fourth-order valence-corrected chi connectivity index (χ4v) is 9.04. The topological polar surface area (TPSA) is 46.5 Å². The van der Waals surface area contributed by atoms with Gasteiger partial charge in [-0.05, 0) is 0 Å². The molecule has 0 amide bonds. The van der Waals surface area contributed by atoms with Gasteiger partial charge < -0.3 is 0 Å². The average Bonchev–Trinajstić information content (AvgIpc) is 2.67. The van der Waals surface area contributed by atoms with Crippen molar-refractivity contribution in [2.45, 2.75) is 91.2 Å². The number of hydrogen-bond acceptors (Lipinski definition) is 3. The molecule has 2 saturated carbocycles. The SMILES string of the molecule is C=[C](C[C@]1(O)CC[C@@]2(C)C(=CC[C@@H]3[C@@]4(C)CCC[C@]32OC4=O)C1)[Sn]([CH3])([CH3])[CH3]. The van der Waals surface area contributed by atoms with E-state index in [0.717, 1.165) is 44.9 Å². The van der Waals surface area contributed by atoms with E-state index in [2.05, 4.69) is 41.3 Å². The zero-order valence-corrected chi connectivity index (χ0v) is 20.6. The maximum atomic E-state index is 12.8. The third kappa shape index (κ3) is 2.66. The number of esters is 1. The molecule has 1 saturated heterocycles. The Bertz CT molecular complexity index is 734. The Hall–Kier alpha value is -0.291. The van der Waals surface area contributed by atoms with Crippen molar-refractivity contribution in [1.29, 1.82) is 0 Å². The summed E-state index contributed by atoms with van der Waals surface area (Å²) in [4.78, 5) is 20.0. The van der Waals surface area contributed by atoms with Crippen LogP contribution in [0.5, 0.6) is 0 Å². The van der Waals surface area contributed by atoms with Crippen LogP contribution in [0.3, 0.4) is 0 Å². The predicted octanol–water partition coefficient (Wildman–Crippen LogP) is 5.16. The number of aliphatic hydroxyl groups is 1. The van der Waals surface area contributed by atoms with Gasteiger partial charge in [0.05, 0.1) is 0 Å². The fourth-order valence-electron chi connectivity index (χ4n) is 6.59. The van der Waals surface area contributed by atoms with Gasteiger partial charge >= 0.3 is 169 Å². The van der Waals surface area contributed by atoms with Crippen molar-refractivity contribution in [1.82, 2.24) is 0 Å². The van der Waals surface area contributed by atoms with Crippen molar-refractivity contribution >= 4 is 24.3 Å². The van der Waals surface area contributed by atoms with Crippen LogP contribution in [0, 0.1) is 16.7 Å². The quantitative estimate of drug-likeness (QED) is 0.346. The molecule has 4 heteroatoms. The number of ether oxygens (including phenoxy) is 1. The average molecular weight is 479 g/mol. The van der Waals surface area contributed by atoms with E-state index in [1.807, 2.05) is 0 Å². The van der Waals surface area contributed by atoms with E-state index >= 15 is 0 Å². The molecule has 150 valence electrons. The monoisotopic (exact) mass is 480 g/mol. The van der Waals surface area contributed by atoms with Crippen molar-refractivity contribution in [3.63, 3.8) is 0 Å². The Morgan fingerprint density at radius 3 is 2.63 bits per heavy atom. The molecule has 1 N–H and O–H groups in total. The Labute approximate surface area is 168 Å². The number of carbonyl (C=O) groups excluding carboxylic acids is 1. The summed E-state index contributed by atoms with van der Waals surface area (Å²) in [6, 6.07) is 0. The van der Waals surface area contributed by atoms with Gasteiger partial charge in [-0.25, -0.2) is 0 Å². The second kappa shape index (κ2) is 5.87. The molecule has 1 aliphatic heterocycles. The summed E-state index contributed by atoms with van der Waals surface area (Å²) in [6.45, 7) is 8.79. The van der Waals surface area contributed by atoms with Crippen LogP contribution in [0.2, 0.25) is 14.8 Å². The number of rotatable bonds is 3. The molecule has 2 bridgehead atoms. The summed E-state index contributed by atoms with van der Waals surface area (Å²) in [5, 5.41) is 11.4. The summed E-state index contributed by atoms with van der Waals surface area (Å²) in [7, 11) is 0. The predicted molar refractivity (Wildman–Crippen MR) is 111 cm³/mol. The zero-order chi connectivity index (χ0) is 19.9. The summed E-state index contributed by atoms with van der Waals surface area (Å²) in [5.74, 6) is 0.323. The van der Waals surface area contributed by atoms with Gasteiger partial charge in [0.25, 0.3) is 0 Å². The first-order valence-electron chi connectivity index (χ1n) is 10.7. The van der Waals surface area contributed by atoms with Crippen molar-refractivity contribution in [3.8, 4) is 0 Å². The van der Waals surface area contributed by atoms with E-state index in [4.69, 9.17) is 4.74 Å². The van der Waals surface area contributed by atoms with Crippen LogP contribution in [-0.4, -0.2) is 40.7 Å². The van der Waals surface area contributed by atoms with Gasteiger partial charge in [-0.3, -0.25) is 0 Å². The Balaban J connectivity index is 1.66. The second-order valence-corrected chi connectivity index (χ2v) is 26.2. The molecule has 0 radical (unpaired) electrons. The molecule has 0 aromatic carbocycles. The van der Waals surface area contributed by atoms with E-state index in [1.165, 1.54) is 9.16 Å². The minimum atomic E-state index is -2.21. The number of hydrogen-bond donors (Lipinski definition) is 1. The molecule has 5 atom stereocenters. The van der Waals surface area contributed by atoms with Crippen LogP contribution in [0.4, 0.5) is 0 Å². The number of allylic oxidation sites excluding steroid dienone is 1. The van der Waals surface area contributed by atoms with Crippen molar-refractivity contribution < 1.29 is 14.6 Å².